The van der Waals surface area contributed by atoms with Gasteiger partial charge in [0.05, 0.1) is 12.7 Å². The van der Waals surface area contributed by atoms with Crippen LogP contribution in [0.1, 0.15) is 26.2 Å². The van der Waals surface area contributed by atoms with Crippen molar-refractivity contribution >= 4 is 46.6 Å². The molecule has 0 aliphatic rings. The number of aromatic nitrogens is 2. The van der Waals surface area contributed by atoms with Crippen molar-refractivity contribution < 1.29 is 13.8 Å². The summed E-state index contributed by atoms with van der Waals surface area (Å²) in [5, 5.41) is 0. The van der Waals surface area contributed by atoms with E-state index >= 15 is 0 Å². The SMILES string of the molecule is C=Cn1cc[n+](CCCCC)c1.[Cl][Fe-]([Cl])([Cl])[Cl]. The van der Waals surface area contributed by atoms with Crippen molar-refractivity contribution in [1.82, 2.24) is 4.57 Å². The summed E-state index contributed by atoms with van der Waals surface area (Å²) in [5.41, 5.74) is 0. The van der Waals surface area contributed by atoms with Gasteiger partial charge in [0.2, 0.25) is 6.33 Å². The van der Waals surface area contributed by atoms with Crippen LogP contribution in [0.4, 0.5) is 0 Å². The van der Waals surface area contributed by atoms with E-state index in [2.05, 4.69) is 30.6 Å². The molecule has 0 spiro atoms. The average molecular weight is 363 g/mol. The van der Waals surface area contributed by atoms with Gasteiger partial charge in [-0.05, 0) is 12.8 Å². The first kappa shape index (κ1) is 17.6. The Morgan fingerprint density at radius 2 is 1.88 bits per heavy atom. The molecule has 0 bridgehead atoms. The Bertz CT molecular complexity index is 316. The normalized spacial score (nSPS) is 11.6. The number of halogens is 4. The van der Waals surface area contributed by atoms with E-state index in [9.17, 15) is 0 Å². The molecule has 0 aromatic carbocycles. The van der Waals surface area contributed by atoms with Gasteiger partial charge in [-0.2, -0.15) is 0 Å². The van der Waals surface area contributed by atoms with Gasteiger partial charge < -0.3 is 0 Å². The van der Waals surface area contributed by atoms with Gasteiger partial charge in [-0.3, -0.25) is 0 Å². The van der Waals surface area contributed by atoms with Gasteiger partial charge in [0.25, 0.3) is 0 Å². The number of unbranched alkanes of at least 4 members (excludes halogenated alkanes) is 2. The molecular weight excluding hydrogens is 346 g/mol. The standard InChI is InChI=1S/C10H17N2.4ClH.Fe/c1-3-5-6-7-12-9-8-11(4-2)10-12;;;;;/h4,8-10H,2-3,5-7H2,1H3;4*1H;/q+1;;;;;+3/p-4. The third-order valence-electron chi connectivity index (χ3n) is 1.94. The molecule has 0 aliphatic heterocycles. The van der Waals surface area contributed by atoms with Crippen molar-refractivity contribution in [2.24, 2.45) is 0 Å². The predicted octanol–water partition coefficient (Wildman–Crippen LogP) is 4.82. The quantitative estimate of drug-likeness (QED) is 0.403. The van der Waals surface area contributed by atoms with Gasteiger partial charge in [0.15, 0.2) is 0 Å². The molecule has 7 heteroatoms. The molecule has 1 heterocycles. The Hall–Kier alpha value is 0.629. The maximum atomic E-state index is 4.95. The molecular formula is C10H17Cl4FeN2. The van der Waals surface area contributed by atoms with E-state index in [0.29, 0.717) is 0 Å². The second-order valence-corrected chi connectivity index (χ2v) is 14.2. The van der Waals surface area contributed by atoms with Crippen LogP contribution in [-0.2, 0) is 15.7 Å². The van der Waals surface area contributed by atoms with E-state index < -0.39 is 9.20 Å². The molecule has 0 unspecified atom stereocenters. The van der Waals surface area contributed by atoms with Gasteiger partial charge >= 0.3 is 49.6 Å². The monoisotopic (exact) mass is 361 g/mol. The van der Waals surface area contributed by atoms with Crippen molar-refractivity contribution in [3.8, 4) is 0 Å². The number of nitrogens with zero attached hydrogens (tertiary/aromatic N) is 2. The van der Waals surface area contributed by atoms with Gasteiger partial charge in [-0.15, -0.1) is 0 Å². The molecule has 0 atom stereocenters. The van der Waals surface area contributed by atoms with E-state index in [0.717, 1.165) is 6.54 Å². The number of hydrogen-bond donors (Lipinski definition) is 0. The van der Waals surface area contributed by atoms with Crippen LogP contribution in [0, 0.1) is 0 Å². The molecule has 0 radical (unpaired) electrons. The van der Waals surface area contributed by atoms with Crippen LogP contribution in [0.2, 0.25) is 0 Å². The molecule has 0 amide bonds. The van der Waals surface area contributed by atoms with Crippen molar-refractivity contribution in [1.29, 1.82) is 0 Å². The van der Waals surface area contributed by atoms with Crippen LogP contribution in [0.5, 0.6) is 0 Å². The first-order chi connectivity index (χ1) is 7.86. The molecule has 2 nitrogen and oxygen atoms in total. The fourth-order valence-electron chi connectivity index (χ4n) is 1.20. The van der Waals surface area contributed by atoms with E-state index in [-0.39, 0.29) is 0 Å². The molecule has 0 saturated carbocycles. The summed E-state index contributed by atoms with van der Waals surface area (Å²) < 4.78 is 4.16. The van der Waals surface area contributed by atoms with Crippen molar-refractivity contribution in [2.45, 2.75) is 32.7 Å². The Labute approximate surface area is 122 Å². The van der Waals surface area contributed by atoms with Crippen LogP contribution < -0.4 is 4.57 Å². The molecule has 103 valence electrons. The van der Waals surface area contributed by atoms with Crippen molar-refractivity contribution in [3.63, 3.8) is 0 Å². The molecule has 1 rings (SSSR count). The molecule has 1 aromatic heterocycles. The van der Waals surface area contributed by atoms with Gasteiger partial charge in [-0.25, -0.2) is 9.13 Å². The zero-order valence-corrected chi connectivity index (χ0v) is 13.7. The Morgan fingerprint density at radius 1 is 1.29 bits per heavy atom. The van der Waals surface area contributed by atoms with E-state index in [1.165, 1.54) is 19.3 Å². The summed E-state index contributed by atoms with van der Waals surface area (Å²) in [5.74, 6) is 0. The van der Waals surface area contributed by atoms with Gasteiger partial charge in [0, 0.05) is 0 Å². The first-order valence-electron chi connectivity index (χ1n) is 5.09. The maximum absolute atomic E-state index is 4.95. The topological polar surface area (TPSA) is 8.81 Å². The Balaban J connectivity index is 0.000000437. The number of imidazole rings is 1. The van der Waals surface area contributed by atoms with Crippen LogP contribution in [-0.4, -0.2) is 4.57 Å². The zero-order chi connectivity index (χ0) is 13.3. The minimum atomic E-state index is -2.61. The Morgan fingerprint density at radius 3 is 2.29 bits per heavy atom. The molecule has 17 heavy (non-hydrogen) atoms. The molecule has 0 N–H and O–H groups in total. The summed E-state index contributed by atoms with van der Waals surface area (Å²) in [7, 11) is 17.2. The van der Waals surface area contributed by atoms with E-state index in [1.807, 2.05) is 10.8 Å². The Kier molecular flexibility index (Phi) is 9.90. The number of aryl methyl sites for hydroxylation is 1. The van der Waals surface area contributed by atoms with Crippen molar-refractivity contribution in [2.75, 3.05) is 0 Å². The third-order valence-corrected chi connectivity index (χ3v) is 1.94. The summed E-state index contributed by atoms with van der Waals surface area (Å²) in [6.45, 7) is 7.03. The fourth-order valence-corrected chi connectivity index (χ4v) is 1.20. The summed E-state index contributed by atoms with van der Waals surface area (Å²) in [4.78, 5) is 0. The number of hydrogen-bond acceptors (Lipinski definition) is 0. The van der Waals surface area contributed by atoms with Gasteiger partial charge in [-0.1, -0.05) is 19.9 Å². The average Bonchev–Trinajstić information content (AvgIpc) is 2.64. The van der Waals surface area contributed by atoms with E-state index in [1.54, 1.807) is 6.20 Å². The van der Waals surface area contributed by atoms with E-state index in [4.69, 9.17) is 40.4 Å². The van der Waals surface area contributed by atoms with Crippen LogP contribution >= 0.6 is 40.4 Å². The molecule has 0 fully saturated rings. The second kappa shape index (κ2) is 9.55. The molecule has 0 saturated heterocycles. The summed E-state index contributed by atoms with van der Waals surface area (Å²) in [6, 6.07) is 0. The summed E-state index contributed by atoms with van der Waals surface area (Å²) in [6.07, 6.45) is 11.8. The fraction of sp³-hybridized carbons (Fsp3) is 0.500. The zero-order valence-electron chi connectivity index (χ0n) is 9.60. The predicted molar refractivity (Wildman–Crippen MR) is 74.0 cm³/mol. The third kappa shape index (κ3) is 12.9. The second-order valence-electron chi connectivity index (χ2n) is 3.29. The molecule has 1 aromatic rings. The van der Waals surface area contributed by atoms with Crippen LogP contribution in [0.15, 0.2) is 25.3 Å². The first-order valence-corrected chi connectivity index (χ1v) is 11.2. The van der Waals surface area contributed by atoms with Crippen molar-refractivity contribution in [3.05, 3.63) is 25.3 Å². The minimum absolute atomic E-state index is 1.12. The number of rotatable bonds is 5. The van der Waals surface area contributed by atoms with Crippen LogP contribution in [0.25, 0.3) is 6.20 Å². The van der Waals surface area contributed by atoms with Gasteiger partial charge in [0.1, 0.15) is 12.4 Å². The summed E-state index contributed by atoms with van der Waals surface area (Å²) >= 11 is 0. The molecule has 0 aliphatic carbocycles. The van der Waals surface area contributed by atoms with Crippen LogP contribution in [0.3, 0.4) is 0 Å².